The molecule has 0 bridgehead atoms. The molecular formula is C16H22N4O2. The number of anilines is 2. The normalized spacial score (nSPS) is 19.6. The fourth-order valence-corrected chi connectivity index (χ4v) is 2.61. The molecule has 0 saturated carbocycles. The number of allylic oxidation sites excluding steroid dienone is 1. The van der Waals surface area contributed by atoms with Crippen molar-refractivity contribution in [2.24, 2.45) is 4.99 Å². The topological polar surface area (TPSA) is 50.2 Å². The van der Waals surface area contributed by atoms with E-state index in [0.29, 0.717) is 0 Å². The first-order valence-electron chi connectivity index (χ1n) is 7.69. The van der Waals surface area contributed by atoms with E-state index in [1.165, 1.54) is 0 Å². The zero-order valence-electron chi connectivity index (χ0n) is 12.8. The molecule has 0 atom stereocenters. The molecule has 2 saturated heterocycles. The Hall–Kier alpha value is -1.92. The van der Waals surface area contributed by atoms with Crippen molar-refractivity contribution < 1.29 is 9.47 Å². The highest BCUT2D eigenvalue weighted by Gasteiger charge is 2.18. The van der Waals surface area contributed by atoms with Crippen LogP contribution in [0.4, 0.5) is 17.3 Å². The lowest BCUT2D eigenvalue weighted by Gasteiger charge is -2.31. The van der Waals surface area contributed by atoms with E-state index in [1.807, 2.05) is 12.1 Å². The van der Waals surface area contributed by atoms with Crippen molar-refractivity contribution in [1.82, 2.24) is 4.98 Å². The number of rotatable bonds is 4. The number of nitrogens with zero attached hydrogens (tertiary/aromatic N) is 4. The molecule has 6 heteroatoms. The second kappa shape index (κ2) is 7.38. The van der Waals surface area contributed by atoms with Crippen LogP contribution in [0.3, 0.4) is 0 Å². The average molecular weight is 302 g/mol. The van der Waals surface area contributed by atoms with Gasteiger partial charge in [0.2, 0.25) is 0 Å². The Morgan fingerprint density at radius 2 is 1.45 bits per heavy atom. The molecule has 6 nitrogen and oxygen atoms in total. The summed E-state index contributed by atoms with van der Waals surface area (Å²) in [4.78, 5) is 13.8. The smallest absolute Gasteiger partial charge is 0.133 e. The minimum absolute atomic E-state index is 0.745. The van der Waals surface area contributed by atoms with E-state index < -0.39 is 0 Å². The first-order chi connectivity index (χ1) is 10.9. The fraction of sp³-hybridized carbons (Fsp3) is 0.500. The molecule has 22 heavy (non-hydrogen) atoms. The maximum atomic E-state index is 5.42. The zero-order chi connectivity index (χ0) is 15.2. The Labute approximate surface area is 131 Å². The van der Waals surface area contributed by atoms with Crippen LogP contribution in [0.25, 0.3) is 0 Å². The molecule has 118 valence electrons. The van der Waals surface area contributed by atoms with Gasteiger partial charge in [-0.2, -0.15) is 0 Å². The van der Waals surface area contributed by atoms with Crippen molar-refractivity contribution in [3.63, 3.8) is 0 Å². The highest BCUT2D eigenvalue weighted by atomic mass is 16.5. The van der Waals surface area contributed by atoms with Gasteiger partial charge in [-0.1, -0.05) is 12.7 Å². The summed E-state index contributed by atoms with van der Waals surface area (Å²) in [6.07, 6.45) is 3.39. The van der Waals surface area contributed by atoms with Crippen molar-refractivity contribution >= 4 is 23.5 Å². The van der Waals surface area contributed by atoms with Gasteiger partial charge in [0.25, 0.3) is 0 Å². The Kier molecular flexibility index (Phi) is 5.03. The quantitative estimate of drug-likeness (QED) is 0.792. The molecular weight excluding hydrogens is 280 g/mol. The molecule has 0 unspecified atom stereocenters. The van der Waals surface area contributed by atoms with E-state index in [0.717, 1.165) is 69.9 Å². The molecule has 0 N–H and O–H groups in total. The molecule has 2 aliphatic heterocycles. The van der Waals surface area contributed by atoms with Gasteiger partial charge in [-0.3, -0.25) is 4.99 Å². The van der Waals surface area contributed by atoms with Gasteiger partial charge in [0.05, 0.1) is 32.1 Å². The van der Waals surface area contributed by atoms with E-state index in [2.05, 4.69) is 21.4 Å². The Morgan fingerprint density at radius 3 is 1.91 bits per heavy atom. The van der Waals surface area contributed by atoms with E-state index >= 15 is 0 Å². The predicted octanol–water partition coefficient (Wildman–Crippen LogP) is 1.64. The number of morpholine rings is 2. The second-order valence-corrected chi connectivity index (χ2v) is 5.25. The third-order valence-corrected chi connectivity index (χ3v) is 3.78. The number of ether oxygens (including phenoxy) is 2. The van der Waals surface area contributed by atoms with Gasteiger partial charge in [-0.05, 0) is 0 Å². The van der Waals surface area contributed by atoms with E-state index in [9.17, 15) is 0 Å². The number of hydrogen-bond donors (Lipinski definition) is 0. The maximum absolute atomic E-state index is 5.42. The third kappa shape index (κ3) is 3.64. The number of hydrogen-bond acceptors (Lipinski definition) is 6. The average Bonchev–Trinajstić information content (AvgIpc) is 2.61. The van der Waals surface area contributed by atoms with Crippen molar-refractivity contribution in [2.75, 3.05) is 62.4 Å². The molecule has 3 heterocycles. The Bertz CT molecular complexity index is 499. The standard InChI is InChI=1S/C16H22N4O2/c1-2-3-17-14-12-15(19-4-8-21-9-5-19)18-16(13-14)20-6-10-22-11-7-20/h2-3,12-13H,1,4-11H2. The highest BCUT2D eigenvalue weighted by Crippen LogP contribution is 2.27. The molecule has 0 radical (unpaired) electrons. The number of aromatic nitrogens is 1. The van der Waals surface area contributed by atoms with Gasteiger partial charge in [0.1, 0.15) is 11.6 Å². The zero-order valence-corrected chi connectivity index (χ0v) is 12.8. The lowest BCUT2D eigenvalue weighted by atomic mass is 10.3. The Balaban J connectivity index is 1.89. The summed E-state index contributed by atoms with van der Waals surface area (Å²) in [7, 11) is 0. The van der Waals surface area contributed by atoms with E-state index in [4.69, 9.17) is 14.5 Å². The number of aliphatic imine (C=N–C) groups is 1. The minimum atomic E-state index is 0.745. The summed E-state index contributed by atoms with van der Waals surface area (Å²) < 4.78 is 10.8. The van der Waals surface area contributed by atoms with E-state index in [-0.39, 0.29) is 0 Å². The van der Waals surface area contributed by atoms with Crippen LogP contribution in [0.15, 0.2) is 29.8 Å². The van der Waals surface area contributed by atoms with Crippen molar-refractivity contribution in [1.29, 1.82) is 0 Å². The summed E-state index contributed by atoms with van der Waals surface area (Å²) in [6.45, 7) is 10.1. The van der Waals surface area contributed by atoms with Crippen LogP contribution in [0.1, 0.15) is 0 Å². The van der Waals surface area contributed by atoms with Gasteiger partial charge in [0, 0.05) is 44.5 Å². The molecule has 0 spiro atoms. The molecule has 0 aromatic carbocycles. The van der Waals surface area contributed by atoms with Crippen molar-refractivity contribution in [3.8, 4) is 0 Å². The first kappa shape index (κ1) is 15.0. The van der Waals surface area contributed by atoms with Crippen LogP contribution in [0, 0.1) is 0 Å². The summed E-state index contributed by atoms with van der Waals surface area (Å²) >= 11 is 0. The minimum Gasteiger partial charge on any atom is -0.378 e. The van der Waals surface area contributed by atoms with Crippen LogP contribution in [0.5, 0.6) is 0 Å². The molecule has 0 aliphatic carbocycles. The van der Waals surface area contributed by atoms with Gasteiger partial charge in [0.15, 0.2) is 0 Å². The molecule has 2 aliphatic rings. The van der Waals surface area contributed by atoms with Crippen molar-refractivity contribution in [3.05, 3.63) is 24.8 Å². The molecule has 1 aromatic heterocycles. The summed E-state index contributed by atoms with van der Waals surface area (Å²) in [5, 5.41) is 0. The lowest BCUT2D eigenvalue weighted by molar-refractivity contribution is 0.121. The van der Waals surface area contributed by atoms with Crippen LogP contribution in [-0.4, -0.2) is 63.8 Å². The monoisotopic (exact) mass is 302 g/mol. The van der Waals surface area contributed by atoms with E-state index in [1.54, 1.807) is 12.3 Å². The third-order valence-electron chi connectivity index (χ3n) is 3.78. The summed E-state index contributed by atoms with van der Waals surface area (Å²) in [5.74, 6) is 1.92. The van der Waals surface area contributed by atoms with Gasteiger partial charge in [-0.25, -0.2) is 4.98 Å². The summed E-state index contributed by atoms with van der Waals surface area (Å²) in [5.41, 5.74) is 0.901. The SMILES string of the molecule is C=CC=Nc1cc(N2CCOCC2)nc(N2CCOCC2)c1. The van der Waals surface area contributed by atoms with Crippen LogP contribution in [0.2, 0.25) is 0 Å². The second-order valence-electron chi connectivity index (χ2n) is 5.25. The highest BCUT2D eigenvalue weighted by molar-refractivity contribution is 5.75. The predicted molar refractivity (Wildman–Crippen MR) is 88.7 cm³/mol. The first-order valence-corrected chi connectivity index (χ1v) is 7.69. The largest absolute Gasteiger partial charge is 0.378 e. The van der Waals surface area contributed by atoms with Crippen LogP contribution < -0.4 is 9.80 Å². The lowest BCUT2D eigenvalue weighted by Crippen LogP contribution is -2.38. The number of pyridine rings is 1. The van der Waals surface area contributed by atoms with Gasteiger partial charge in [-0.15, -0.1) is 0 Å². The van der Waals surface area contributed by atoms with Crippen molar-refractivity contribution in [2.45, 2.75) is 0 Å². The molecule has 3 rings (SSSR count). The fourth-order valence-electron chi connectivity index (χ4n) is 2.61. The maximum Gasteiger partial charge on any atom is 0.133 e. The Morgan fingerprint density at radius 1 is 0.955 bits per heavy atom. The molecule has 2 fully saturated rings. The molecule has 1 aromatic rings. The van der Waals surface area contributed by atoms with Gasteiger partial charge < -0.3 is 19.3 Å². The summed E-state index contributed by atoms with van der Waals surface area (Å²) in [6, 6.07) is 4.05. The van der Waals surface area contributed by atoms with Gasteiger partial charge >= 0.3 is 0 Å². The van der Waals surface area contributed by atoms with Crippen LogP contribution in [-0.2, 0) is 9.47 Å². The van der Waals surface area contributed by atoms with Crippen LogP contribution >= 0.6 is 0 Å². The molecule has 0 amide bonds.